The zero-order chi connectivity index (χ0) is 12.7. The summed E-state index contributed by atoms with van der Waals surface area (Å²) in [5.41, 5.74) is 5.91. The minimum absolute atomic E-state index is 0.0497. The number of hydrogen-bond acceptors (Lipinski definition) is 3. The van der Waals surface area contributed by atoms with Crippen molar-refractivity contribution in [3.63, 3.8) is 0 Å². The van der Waals surface area contributed by atoms with Crippen LogP contribution < -0.4 is 5.73 Å². The zero-order valence-corrected chi connectivity index (χ0v) is 11.6. The maximum atomic E-state index is 9.60. The van der Waals surface area contributed by atoms with Crippen LogP contribution in [0.3, 0.4) is 0 Å². The monoisotopic (exact) mass is 242 g/mol. The SMILES string of the molecule is CCCCCCCC(C)N1CCC(O)C(N)C1. The van der Waals surface area contributed by atoms with Crippen LogP contribution in [0.4, 0.5) is 0 Å². The number of piperidine rings is 1. The minimum atomic E-state index is -0.289. The Morgan fingerprint density at radius 2 is 2.00 bits per heavy atom. The van der Waals surface area contributed by atoms with Gasteiger partial charge in [0.25, 0.3) is 0 Å². The van der Waals surface area contributed by atoms with Crippen LogP contribution >= 0.6 is 0 Å². The van der Waals surface area contributed by atoms with Crippen molar-refractivity contribution in [2.75, 3.05) is 13.1 Å². The van der Waals surface area contributed by atoms with E-state index in [1.54, 1.807) is 0 Å². The molecule has 0 amide bonds. The normalized spacial score (nSPS) is 28.2. The van der Waals surface area contributed by atoms with Crippen molar-refractivity contribution < 1.29 is 5.11 Å². The Balaban J connectivity index is 2.12. The fourth-order valence-corrected chi connectivity index (χ4v) is 2.62. The second-order valence-electron chi connectivity index (χ2n) is 5.57. The molecule has 1 aliphatic heterocycles. The molecule has 1 aliphatic rings. The number of hydrogen-bond donors (Lipinski definition) is 2. The van der Waals surface area contributed by atoms with Gasteiger partial charge in [0, 0.05) is 25.2 Å². The van der Waals surface area contributed by atoms with Crippen molar-refractivity contribution in [3.8, 4) is 0 Å². The van der Waals surface area contributed by atoms with Gasteiger partial charge in [-0.3, -0.25) is 4.90 Å². The molecule has 1 rings (SSSR count). The van der Waals surface area contributed by atoms with Crippen LogP contribution in [0, 0.1) is 0 Å². The molecule has 0 aliphatic carbocycles. The zero-order valence-electron chi connectivity index (χ0n) is 11.6. The van der Waals surface area contributed by atoms with E-state index >= 15 is 0 Å². The minimum Gasteiger partial charge on any atom is -0.391 e. The predicted molar refractivity (Wildman–Crippen MR) is 73.0 cm³/mol. The average Bonchev–Trinajstić information content (AvgIpc) is 2.32. The van der Waals surface area contributed by atoms with Crippen molar-refractivity contribution in [1.82, 2.24) is 4.90 Å². The number of nitrogens with two attached hydrogens (primary N) is 1. The lowest BCUT2D eigenvalue weighted by Gasteiger charge is -2.38. The maximum absolute atomic E-state index is 9.60. The van der Waals surface area contributed by atoms with E-state index in [1.807, 2.05) is 0 Å². The van der Waals surface area contributed by atoms with E-state index in [1.165, 1.54) is 38.5 Å². The first kappa shape index (κ1) is 14.9. The quantitative estimate of drug-likeness (QED) is 0.672. The van der Waals surface area contributed by atoms with Crippen LogP contribution in [0.2, 0.25) is 0 Å². The van der Waals surface area contributed by atoms with Crippen LogP contribution in [-0.2, 0) is 0 Å². The van der Waals surface area contributed by atoms with Gasteiger partial charge >= 0.3 is 0 Å². The molecule has 3 atom stereocenters. The Bertz CT molecular complexity index is 199. The van der Waals surface area contributed by atoms with E-state index < -0.39 is 0 Å². The lowest BCUT2D eigenvalue weighted by atomic mass is 9.99. The number of aliphatic hydroxyl groups is 1. The Hall–Kier alpha value is -0.120. The van der Waals surface area contributed by atoms with Gasteiger partial charge in [-0.1, -0.05) is 39.0 Å². The first-order chi connectivity index (χ1) is 8.15. The third-order valence-electron chi connectivity index (χ3n) is 4.00. The highest BCUT2D eigenvalue weighted by Crippen LogP contribution is 2.16. The third-order valence-corrected chi connectivity index (χ3v) is 4.00. The lowest BCUT2D eigenvalue weighted by molar-refractivity contribution is 0.0440. The highest BCUT2D eigenvalue weighted by Gasteiger charge is 2.26. The number of nitrogens with zero attached hydrogens (tertiary/aromatic N) is 1. The highest BCUT2D eigenvalue weighted by atomic mass is 16.3. The van der Waals surface area contributed by atoms with Crippen molar-refractivity contribution in [3.05, 3.63) is 0 Å². The fraction of sp³-hybridized carbons (Fsp3) is 1.00. The van der Waals surface area contributed by atoms with E-state index in [0.717, 1.165) is 19.5 Å². The van der Waals surface area contributed by atoms with E-state index in [-0.39, 0.29) is 12.1 Å². The Kier molecular flexibility index (Phi) is 7.09. The molecule has 102 valence electrons. The molecule has 17 heavy (non-hydrogen) atoms. The Morgan fingerprint density at radius 3 is 2.65 bits per heavy atom. The summed E-state index contributed by atoms with van der Waals surface area (Å²) in [7, 11) is 0. The topological polar surface area (TPSA) is 49.5 Å². The van der Waals surface area contributed by atoms with Crippen LogP contribution in [0.15, 0.2) is 0 Å². The Labute approximate surface area is 106 Å². The number of unbranched alkanes of at least 4 members (excludes halogenated alkanes) is 4. The molecule has 1 fully saturated rings. The first-order valence-electron chi connectivity index (χ1n) is 7.32. The van der Waals surface area contributed by atoms with Crippen molar-refractivity contribution >= 4 is 0 Å². The second kappa shape index (κ2) is 8.06. The summed E-state index contributed by atoms with van der Waals surface area (Å²) in [6.45, 7) is 6.41. The van der Waals surface area contributed by atoms with E-state index in [4.69, 9.17) is 5.73 Å². The molecule has 0 aromatic carbocycles. The van der Waals surface area contributed by atoms with Gasteiger partial charge < -0.3 is 10.8 Å². The third kappa shape index (κ3) is 5.36. The smallest absolute Gasteiger partial charge is 0.0715 e. The van der Waals surface area contributed by atoms with Gasteiger partial charge in [0.15, 0.2) is 0 Å². The predicted octanol–water partition coefficient (Wildman–Crippen LogP) is 2.13. The van der Waals surface area contributed by atoms with Gasteiger partial charge in [0.1, 0.15) is 0 Å². The molecular weight excluding hydrogens is 212 g/mol. The molecule has 0 bridgehead atoms. The summed E-state index contributed by atoms with van der Waals surface area (Å²) >= 11 is 0. The molecule has 0 aromatic heterocycles. The molecule has 1 saturated heterocycles. The molecular formula is C14H30N2O. The summed E-state index contributed by atoms with van der Waals surface area (Å²) in [5.74, 6) is 0. The molecule has 3 N–H and O–H groups in total. The van der Waals surface area contributed by atoms with Gasteiger partial charge in [-0.25, -0.2) is 0 Å². The molecule has 0 spiro atoms. The molecule has 1 heterocycles. The first-order valence-corrected chi connectivity index (χ1v) is 7.32. The van der Waals surface area contributed by atoms with E-state index in [2.05, 4.69) is 18.7 Å². The lowest BCUT2D eigenvalue weighted by Crippen LogP contribution is -2.53. The molecule has 3 nitrogen and oxygen atoms in total. The summed E-state index contributed by atoms with van der Waals surface area (Å²) in [6, 6.07) is 0.571. The van der Waals surface area contributed by atoms with Gasteiger partial charge in [-0.05, 0) is 19.8 Å². The standard InChI is InChI=1S/C14H30N2O/c1-3-4-5-6-7-8-12(2)16-10-9-14(17)13(15)11-16/h12-14,17H,3-11,15H2,1-2H3. The summed E-state index contributed by atoms with van der Waals surface area (Å²) in [4.78, 5) is 2.44. The van der Waals surface area contributed by atoms with E-state index in [9.17, 15) is 5.11 Å². The molecule has 3 unspecified atom stereocenters. The Morgan fingerprint density at radius 1 is 1.29 bits per heavy atom. The number of likely N-dealkylation sites (tertiary alicyclic amines) is 1. The van der Waals surface area contributed by atoms with Gasteiger partial charge in [0.2, 0.25) is 0 Å². The molecule has 0 saturated carbocycles. The van der Waals surface area contributed by atoms with Crippen molar-refractivity contribution in [2.24, 2.45) is 5.73 Å². The van der Waals surface area contributed by atoms with Crippen LogP contribution in [0.1, 0.15) is 58.8 Å². The van der Waals surface area contributed by atoms with Crippen molar-refractivity contribution in [1.29, 1.82) is 0 Å². The highest BCUT2D eigenvalue weighted by molar-refractivity contribution is 4.84. The van der Waals surface area contributed by atoms with Gasteiger partial charge in [-0.2, -0.15) is 0 Å². The maximum Gasteiger partial charge on any atom is 0.0715 e. The average molecular weight is 242 g/mol. The number of aliphatic hydroxyl groups excluding tert-OH is 1. The van der Waals surface area contributed by atoms with Gasteiger partial charge in [0.05, 0.1) is 6.10 Å². The van der Waals surface area contributed by atoms with Gasteiger partial charge in [-0.15, -0.1) is 0 Å². The largest absolute Gasteiger partial charge is 0.391 e. The fourth-order valence-electron chi connectivity index (χ4n) is 2.62. The van der Waals surface area contributed by atoms with Crippen molar-refractivity contribution in [2.45, 2.75) is 77.0 Å². The summed E-state index contributed by atoms with van der Waals surface area (Å²) in [6.07, 6.45) is 8.57. The molecule has 0 aromatic rings. The molecule has 3 heteroatoms. The summed E-state index contributed by atoms with van der Waals surface area (Å²) < 4.78 is 0. The van der Waals surface area contributed by atoms with E-state index in [0.29, 0.717) is 6.04 Å². The molecule has 0 radical (unpaired) electrons. The van der Waals surface area contributed by atoms with Crippen LogP contribution in [-0.4, -0.2) is 41.3 Å². The van der Waals surface area contributed by atoms with Crippen LogP contribution in [0.25, 0.3) is 0 Å². The second-order valence-corrected chi connectivity index (χ2v) is 5.57. The van der Waals surface area contributed by atoms with Crippen LogP contribution in [0.5, 0.6) is 0 Å². The summed E-state index contributed by atoms with van der Waals surface area (Å²) in [5, 5.41) is 9.60. The number of rotatable bonds is 7.